The lowest BCUT2D eigenvalue weighted by Gasteiger charge is -2.31. The summed E-state index contributed by atoms with van der Waals surface area (Å²) in [5, 5.41) is 4.03. The van der Waals surface area contributed by atoms with Crippen LogP contribution >= 0.6 is 11.6 Å². The number of primary amides is 1. The van der Waals surface area contributed by atoms with Gasteiger partial charge in [-0.2, -0.15) is 0 Å². The van der Waals surface area contributed by atoms with Gasteiger partial charge in [0.25, 0.3) is 0 Å². The van der Waals surface area contributed by atoms with Gasteiger partial charge in [-0.3, -0.25) is 10.1 Å². The maximum Gasteiger partial charge on any atom is 0.239 e. The molecule has 0 bridgehead atoms. The Bertz CT molecular complexity index is 427. The van der Waals surface area contributed by atoms with E-state index in [-0.39, 0.29) is 5.91 Å². The predicted octanol–water partition coefficient (Wildman–Crippen LogP) is 1.55. The topological polar surface area (TPSA) is 58.4 Å². The number of hydrogen-bond acceptors (Lipinski definition) is 3. The molecule has 2 rings (SSSR count). The minimum absolute atomic E-state index is 0.337. The van der Waals surface area contributed by atoms with Crippen molar-refractivity contribution >= 4 is 17.5 Å². The zero-order valence-corrected chi connectivity index (χ0v) is 11.9. The minimum atomic E-state index is -0.439. The summed E-state index contributed by atoms with van der Waals surface area (Å²) in [4.78, 5) is 13.9. The lowest BCUT2D eigenvalue weighted by atomic mass is 10.0. The van der Waals surface area contributed by atoms with Gasteiger partial charge >= 0.3 is 0 Å². The highest BCUT2D eigenvalue weighted by atomic mass is 35.5. The monoisotopic (exact) mass is 281 g/mol. The Kier molecular flexibility index (Phi) is 4.80. The molecule has 19 heavy (non-hydrogen) atoms. The summed E-state index contributed by atoms with van der Waals surface area (Å²) >= 11 is 5.86. The fraction of sp³-hybridized carbons (Fsp3) is 0.500. The number of nitrogens with two attached hydrogens (primary N) is 1. The zero-order valence-electron chi connectivity index (χ0n) is 11.1. The molecule has 1 aliphatic rings. The summed E-state index contributed by atoms with van der Waals surface area (Å²) in [5.41, 5.74) is 6.38. The lowest BCUT2D eigenvalue weighted by molar-refractivity contribution is -0.120. The van der Waals surface area contributed by atoms with Gasteiger partial charge in [0.15, 0.2) is 0 Å². The van der Waals surface area contributed by atoms with Gasteiger partial charge in [0.05, 0.1) is 0 Å². The SMILES string of the molecule is CN1CCC(NC(C(N)=O)c2ccc(Cl)cc2)CC1. The summed E-state index contributed by atoms with van der Waals surface area (Å²) in [7, 11) is 2.11. The Morgan fingerprint density at radius 2 is 1.95 bits per heavy atom. The van der Waals surface area contributed by atoms with Crippen LogP contribution in [0.4, 0.5) is 0 Å². The van der Waals surface area contributed by atoms with Crippen LogP contribution in [0.3, 0.4) is 0 Å². The van der Waals surface area contributed by atoms with E-state index in [1.807, 2.05) is 12.1 Å². The molecule has 1 amide bonds. The van der Waals surface area contributed by atoms with Crippen molar-refractivity contribution in [2.24, 2.45) is 5.73 Å². The highest BCUT2D eigenvalue weighted by molar-refractivity contribution is 6.30. The van der Waals surface area contributed by atoms with Crippen LogP contribution in [-0.4, -0.2) is 37.0 Å². The average Bonchev–Trinajstić information content (AvgIpc) is 2.39. The van der Waals surface area contributed by atoms with Gasteiger partial charge in [-0.05, 0) is 50.7 Å². The van der Waals surface area contributed by atoms with Crippen LogP contribution in [0, 0.1) is 0 Å². The second kappa shape index (κ2) is 6.37. The molecule has 0 spiro atoms. The standard InChI is InChI=1S/C14H20ClN3O/c1-18-8-6-12(7-9-18)17-13(14(16)19)10-2-4-11(15)5-3-10/h2-5,12-13,17H,6-9H2,1H3,(H2,16,19). The maximum atomic E-state index is 11.6. The molecule has 0 aromatic heterocycles. The van der Waals surface area contributed by atoms with E-state index in [0.29, 0.717) is 11.1 Å². The van der Waals surface area contributed by atoms with Crippen LogP contribution in [-0.2, 0) is 4.79 Å². The van der Waals surface area contributed by atoms with Gasteiger partial charge in [-0.15, -0.1) is 0 Å². The Morgan fingerprint density at radius 1 is 1.37 bits per heavy atom. The van der Waals surface area contributed by atoms with E-state index in [1.165, 1.54) is 0 Å². The molecule has 5 heteroatoms. The molecule has 4 nitrogen and oxygen atoms in total. The van der Waals surface area contributed by atoms with Crippen molar-refractivity contribution in [3.05, 3.63) is 34.9 Å². The van der Waals surface area contributed by atoms with Crippen LogP contribution < -0.4 is 11.1 Å². The highest BCUT2D eigenvalue weighted by Gasteiger charge is 2.24. The number of halogens is 1. The van der Waals surface area contributed by atoms with Crippen LogP contribution in [0.1, 0.15) is 24.4 Å². The summed E-state index contributed by atoms with van der Waals surface area (Å²) in [6, 6.07) is 7.15. The van der Waals surface area contributed by atoms with Crippen LogP contribution in [0.5, 0.6) is 0 Å². The molecule has 1 aromatic carbocycles. The van der Waals surface area contributed by atoms with Gasteiger partial charge in [-0.25, -0.2) is 0 Å². The molecule has 3 N–H and O–H groups in total. The second-order valence-electron chi connectivity index (χ2n) is 5.13. The van der Waals surface area contributed by atoms with E-state index in [4.69, 9.17) is 17.3 Å². The van der Waals surface area contributed by atoms with Crippen molar-refractivity contribution in [3.8, 4) is 0 Å². The Morgan fingerprint density at radius 3 is 2.47 bits per heavy atom. The number of hydrogen-bond donors (Lipinski definition) is 2. The first-order valence-electron chi connectivity index (χ1n) is 6.55. The van der Waals surface area contributed by atoms with Crippen molar-refractivity contribution in [1.82, 2.24) is 10.2 Å². The summed E-state index contributed by atoms with van der Waals surface area (Å²) in [6.07, 6.45) is 2.07. The highest BCUT2D eigenvalue weighted by Crippen LogP contribution is 2.19. The van der Waals surface area contributed by atoms with Crippen molar-refractivity contribution in [3.63, 3.8) is 0 Å². The maximum absolute atomic E-state index is 11.6. The zero-order chi connectivity index (χ0) is 13.8. The van der Waals surface area contributed by atoms with Crippen LogP contribution in [0.25, 0.3) is 0 Å². The van der Waals surface area contributed by atoms with Crippen molar-refractivity contribution in [2.45, 2.75) is 24.9 Å². The van der Waals surface area contributed by atoms with E-state index >= 15 is 0 Å². The number of carbonyl (C=O) groups is 1. The van der Waals surface area contributed by atoms with E-state index in [2.05, 4.69) is 17.3 Å². The third-order valence-electron chi connectivity index (χ3n) is 3.61. The first-order valence-corrected chi connectivity index (χ1v) is 6.93. The molecule has 0 saturated carbocycles. The fourth-order valence-electron chi connectivity index (χ4n) is 2.41. The van der Waals surface area contributed by atoms with Gasteiger partial charge in [0, 0.05) is 11.1 Å². The second-order valence-corrected chi connectivity index (χ2v) is 5.57. The molecule has 1 unspecified atom stereocenters. The summed E-state index contributed by atoms with van der Waals surface area (Å²) in [5.74, 6) is -0.346. The van der Waals surface area contributed by atoms with Crippen LogP contribution in [0.15, 0.2) is 24.3 Å². The molecule has 1 fully saturated rings. The minimum Gasteiger partial charge on any atom is -0.368 e. The molecule has 0 aliphatic carbocycles. The number of rotatable bonds is 4. The van der Waals surface area contributed by atoms with E-state index in [1.54, 1.807) is 12.1 Å². The van der Waals surface area contributed by atoms with Gasteiger partial charge in [-0.1, -0.05) is 23.7 Å². The number of nitrogens with zero attached hydrogens (tertiary/aromatic N) is 1. The fourth-order valence-corrected chi connectivity index (χ4v) is 2.53. The Labute approximate surface area is 118 Å². The smallest absolute Gasteiger partial charge is 0.239 e. The molecule has 1 saturated heterocycles. The third-order valence-corrected chi connectivity index (χ3v) is 3.86. The summed E-state index contributed by atoms with van der Waals surface area (Å²) in [6.45, 7) is 2.09. The first-order chi connectivity index (χ1) is 9.06. The number of piperidine rings is 1. The molecule has 104 valence electrons. The molecular weight excluding hydrogens is 262 g/mol. The summed E-state index contributed by atoms with van der Waals surface area (Å²) < 4.78 is 0. The van der Waals surface area contributed by atoms with E-state index < -0.39 is 6.04 Å². The normalized spacial score (nSPS) is 19.3. The molecule has 1 aliphatic heterocycles. The van der Waals surface area contributed by atoms with E-state index in [0.717, 1.165) is 31.5 Å². The van der Waals surface area contributed by atoms with Gasteiger partial charge < -0.3 is 10.6 Å². The van der Waals surface area contributed by atoms with Crippen molar-refractivity contribution in [1.29, 1.82) is 0 Å². The van der Waals surface area contributed by atoms with Crippen molar-refractivity contribution < 1.29 is 4.79 Å². The van der Waals surface area contributed by atoms with Crippen molar-refractivity contribution in [2.75, 3.05) is 20.1 Å². The average molecular weight is 282 g/mol. The largest absolute Gasteiger partial charge is 0.368 e. The van der Waals surface area contributed by atoms with E-state index in [9.17, 15) is 4.79 Å². The molecule has 1 atom stereocenters. The Balaban J connectivity index is 2.04. The first kappa shape index (κ1) is 14.3. The van der Waals surface area contributed by atoms with Gasteiger partial charge in [0.1, 0.15) is 6.04 Å². The quantitative estimate of drug-likeness (QED) is 0.880. The van der Waals surface area contributed by atoms with Gasteiger partial charge in [0.2, 0.25) is 5.91 Å². The number of amides is 1. The number of nitrogens with one attached hydrogen (secondary N) is 1. The van der Waals surface area contributed by atoms with Crippen LogP contribution in [0.2, 0.25) is 5.02 Å². The molecular formula is C14H20ClN3O. The number of benzene rings is 1. The molecule has 0 radical (unpaired) electrons. The molecule has 1 heterocycles. The number of likely N-dealkylation sites (tertiary alicyclic amines) is 1. The predicted molar refractivity (Wildman–Crippen MR) is 77.0 cm³/mol. The Hall–Kier alpha value is -1.10. The third kappa shape index (κ3) is 3.93. The lowest BCUT2D eigenvalue weighted by Crippen LogP contribution is -2.45. The number of carbonyl (C=O) groups excluding carboxylic acids is 1. The molecule has 1 aromatic rings.